The Morgan fingerprint density at radius 3 is 2.75 bits per heavy atom. The van der Waals surface area contributed by atoms with Crippen molar-refractivity contribution >= 4 is 28.7 Å². The number of rotatable bonds is 5. The molecule has 0 radical (unpaired) electrons. The summed E-state index contributed by atoms with van der Waals surface area (Å²) in [5.74, 6) is 0. The summed E-state index contributed by atoms with van der Waals surface area (Å²) >= 11 is 2.10. The van der Waals surface area contributed by atoms with Gasteiger partial charge in [0.25, 0.3) is 0 Å². The zero-order valence-electron chi connectivity index (χ0n) is 7.18. The van der Waals surface area contributed by atoms with E-state index in [9.17, 15) is 4.79 Å². The van der Waals surface area contributed by atoms with E-state index in [1.165, 1.54) is 0 Å². The number of amides is 1. The summed E-state index contributed by atoms with van der Waals surface area (Å²) in [7, 11) is 0. The Kier molecular flexibility index (Phi) is 5.28. The van der Waals surface area contributed by atoms with Crippen LogP contribution in [0.2, 0.25) is 0 Å². The van der Waals surface area contributed by atoms with E-state index in [4.69, 9.17) is 10.5 Å². The first kappa shape index (κ1) is 11.7. The maximum Gasteiger partial charge on any atom is 0.405 e. The average molecular weight is 283 g/mol. The van der Waals surface area contributed by atoms with Gasteiger partial charge in [0.15, 0.2) is 3.61 Å². The molecule has 1 unspecified atom stereocenters. The van der Waals surface area contributed by atoms with E-state index in [0.29, 0.717) is 6.42 Å². The van der Waals surface area contributed by atoms with Gasteiger partial charge >= 0.3 is 6.09 Å². The number of alkyl halides is 1. The van der Waals surface area contributed by atoms with E-state index in [1.54, 1.807) is 6.08 Å². The monoisotopic (exact) mass is 283 g/mol. The second kappa shape index (κ2) is 5.40. The molecule has 0 aliphatic rings. The molecule has 4 heteroatoms. The van der Waals surface area contributed by atoms with Gasteiger partial charge in [-0.05, 0) is 29.0 Å². The van der Waals surface area contributed by atoms with Crippen molar-refractivity contribution in [2.24, 2.45) is 5.73 Å². The first-order valence-corrected chi connectivity index (χ1v) is 4.90. The van der Waals surface area contributed by atoms with Crippen LogP contribution in [0.15, 0.2) is 12.7 Å². The van der Waals surface area contributed by atoms with Gasteiger partial charge in [-0.15, -0.1) is 6.58 Å². The van der Waals surface area contributed by atoms with Gasteiger partial charge in [-0.25, -0.2) is 4.79 Å². The Morgan fingerprint density at radius 1 is 1.83 bits per heavy atom. The lowest BCUT2D eigenvalue weighted by atomic mass is 10.1. The zero-order valence-corrected chi connectivity index (χ0v) is 9.34. The van der Waals surface area contributed by atoms with E-state index >= 15 is 0 Å². The molecule has 2 N–H and O–H groups in total. The Hall–Kier alpha value is -0.260. The molecule has 12 heavy (non-hydrogen) atoms. The fourth-order valence-electron chi connectivity index (χ4n) is 0.964. The van der Waals surface area contributed by atoms with Crippen LogP contribution in [0.3, 0.4) is 0 Å². The molecule has 0 aromatic carbocycles. The van der Waals surface area contributed by atoms with Gasteiger partial charge < -0.3 is 10.5 Å². The molecule has 0 aromatic rings. The number of carbonyl (C=O) groups is 1. The van der Waals surface area contributed by atoms with Crippen LogP contribution >= 0.6 is 22.6 Å². The van der Waals surface area contributed by atoms with E-state index < -0.39 is 9.70 Å². The van der Waals surface area contributed by atoms with Crippen LogP contribution in [-0.4, -0.2) is 9.70 Å². The topological polar surface area (TPSA) is 52.3 Å². The van der Waals surface area contributed by atoms with Gasteiger partial charge in [0.1, 0.15) is 0 Å². The molecule has 0 bridgehead atoms. The standard InChI is InChI=1S/C8H14INO2/c1-3-5-8(9,6-4-2)12-7(10)11/h3H,1,4-6H2,2H3,(H2,10,11). The van der Waals surface area contributed by atoms with Gasteiger partial charge in [0.05, 0.1) is 0 Å². The largest absolute Gasteiger partial charge is 0.432 e. The number of hydrogen-bond donors (Lipinski definition) is 1. The van der Waals surface area contributed by atoms with Crippen LogP contribution in [0.25, 0.3) is 0 Å². The molecule has 0 fully saturated rings. The summed E-state index contributed by atoms with van der Waals surface area (Å²) in [5, 5.41) is 0. The van der Waals surface area contributed by atoms with Gasteiger partial charge in [-0.3, -0.25) is 0 Å². The van der Waals surface area contributed by atoms with Crippen LogP contribution in [-0.2, 0) is 4.74 Å². The van der Waals surface area contributed by atoms with E-state index in [2.05, 4.69) is 29.2 Å². The lowest BCUT2D eigenvalue weighted by Crippen LogP contribution is -2.30. The van der Waals surface area contributed by atoms with Crippen molar-refractivity contribution in [2.75, 3.05) is 0 Å². The highest BCUT2D eigenvalue weighted by Gasteiger charge is 2.27. The molecule has 1 atom stereocenters. The molecular weight excluding hydrogens is 269 g/mol. The highest BCUT2D eigenvalue weighted by atomic mass is 127. The number of halogens is 1. The minimum absolute atomic E-state index is 0.500. The van der Waals surface area contributed by atoms with Crippen LogP contribution < -0.4 is 5.73 Å². The van der Waals surface area contributed by atoms with E-state index in [0.717, 1.165) is 12.8 Å². The smallest absolute Gasteiger partial charge is 0.405 e. The summed E-state index contributed by atoms with van der Waals surface area (Å²) < 4.78 is 4.47. The third-order valence-corrected chi connectivity index (χ3v) is 2.56. The quantitative estimate of drug-likeness (QED) is 0.479. The summed E-state index contributed by atoms with van der Waals surface area (Å²) in [6.45, 7) is 5.63. The molecule has 1 amide bonds. The lowest BCUT2D eigenvalue weighted by molar-refractivity contribution is 0.0913. The van der Waals surface area contributed by atoms with Crippen molar-refractivity contribution in [3.05, 3.63) is 12.7 Å². The zero-order chi connectivity index (χ0) is 9.61. The fourth-order valence-corrected chi connectivity index (χ4v) is 2.03. The van der Waals surface area contributed by atoms with Crippen LogP contribution in [0, 0.1) is 0 Å². The van der Waals surface area contributed by atoms with Gasteiger partial charge in [0.2, 0.25) is 0 Å². The molecule has 0 aromatic heterocycles. The Morgan fingerprint density at radius 2 is 2.42 bits per heavy atom. The molecule has 0 saturated heterocycles. The number of primary amides is 1. The van der Waals surface area contributed by atoms with Gasteiger partial charge in [0, 0.05) is 6.42 Å². The van der Waals surface area contributed by atoms with Gasteiger partial charge in [-0.1, -0.05) is 19.4 Å². The van der Waals surface area contributed by atoms with Crippen molar-refractivity contribution in [3.63, 3.8) is 0 Å². The molecular formula is C8H14INO2. The first-order valence-electron chi connectivity index (χ1n) is 3.82. The minimum Gasteiger partial charge on any atom is -0.432 e. The molecule has 0 saturated carbocycles. The molecule has 0 aliphatic heterocycles. The molecule has 0 rings (SSSR count). The second-order valence-corrected chi connectivity index (χ2v) is 4.51. The summed E-state index contributed by atoms with van der Waals surface area (Å²) in [6, 6.07) is 0. The van der Waals surface area contributed by atoms with Crippen molar-refractivity contribution in [2.45, 2.75) is 29.8 Å². The Labute approximate surface area is 86.5 Å². The molecule has 0 spiro atoms. The summed E-state index contributed by atoms with van der Waals surface area (Å²) in [6.07, 6.45) is 3.38. The predicted octanol–water partition coefficient (Wildman–Crippen LogP) is 2.59. The normalized spacial score (nSPS) is 14.8. The average Bonchev–Trinajstić information content (AvgIpc) is 1.85. The number of ether oxygens (including phenoxy) is 1. The SMILES string of the molecule is C=CCC(I)(CCC)OC(N)=O. The highest BCUT2D eigenvalue weighted by molar-refractivity contribution is 14.1. The minimum atomic E-state index is -0.722. The Bertz CT molecular complexity index is 172. The third-order valence-electron chi connectivity index (χ3n) is 1.36. The van der Waals surface area contributed by atoms with E-state index in [-0.39, 0.29) is 0 Å². The highest BCUT2D eigenvalue weighted by Crippen LogP contribution is 2.30. The Balaban J connectivity index is 4.15. The predicted molar refractivity (Wildman–Crippen MR) is 57.1 cm³/mol. The maximum absolute atomic E-state index is 10.5. The third kappa shape index (κ3) is 4.58. The molecule has 0 aliphatic carbocycles. The maximum atomic E-state index is 10.5. The molecule has 0 heterocycles. The van der Waals surface area contributed by atoms with Crippen LogP contribution in [0.5, 0.6) is 0 Å². The van der Waals surface area contributed by atoms with Crippen molar-refractivity contribution < 1.29 is 9.53 Å². The summed E-state index contributed by atoms with van der Waals surface area (Å²) in [4.78, 5) is 10.5. The van der Waals surface area contributed by atoms with Crippen LogP contribution in [0.4, 0.5) is 4.79 Å². The second-order valence-electron chi connectivity index (χ2n) is 2.55. The number of nitrogens with two attached hydrogens (primary N) is 1. The fraction of sp³-hybridized carbons (Fsp3) is 0.625. The van der Waals surface area contributed by atoms with Gasteiger partial charge in [-0.2, -0.15) is 0 Å². The lowest BCUT2D eigenvalue weighted by Gasteiger charge is -2.24. The number of carbonyl (C=O) groups excluding carboxylic acids is 1. The van der Waals surface area contributed by atoms with Crippen molar-refractivity contribution in [1.82, 2.24) is 0 Å². The molecule has 3 nitrogen and oxygen atoms in total. The van der Waals surface area contributed by atoms with Crippen LogP contribution in [0.1, 0.15) is 26.2 Å². The van der Waals surface area contributed by atoms with Crippen molar-refractivity contribution in [1.29, 1.82) is 0 Å². The molecule has 70 valence electrons. The van der Waals surface area contributed by atoms with E-state index in [1.807, 2.05) is 6.92 Å². The number of hydrogen-bond acceptors (Lipinski definition) is 2. The summed E-state index contributed by atoms with van der Waals surface area (Å²) in [5.41, 5.74) is 4.94. The first-order chi connectivity index (χ1) is 5.54. The van der Waals surface area contributed by atoms with Crippen molar-refractivity contribution in [3.8, 4) is 0 Å².